The van der Waals surface area contributed by atoms with Gasteiger partial charge in [-0.25, -0.2) is 13.1 Å². The van der Waals surface area contributed by atoms with E-state index in [1.54, 1.807) is 12.1 Å². The van der Waals surface area contributed by atoms with Crippen LogP contribution in [-0.2, 0) is 23.1 Å². The van der Waals surface area contributed by atoms with Crippen LogP contribution in [0.15, 0.2) is 82.3 Å². The molecule has 1 aliphatic heterocycles. The molecule has 2 heterocycles. The molecule has 35 heavy (non-hydrogen) atoms. The first kappa shape index (κ1) is 25.1. The zero-order valence-electron chi connectivity index (χ0n) is 19.7. The van der Waals surface area contributed by atoms with Crippen LogP contribution in [0.25, 0.3) is 0 Å². The van der Waals surface area contributed by atoms with Crippen molar-refractivity contribution in [3.63, 3.8) is 0 Å². The molecule has 0 saturated carbocycles. The summed E-state index contributed by atoms with van der Waals surface area (Å²) in [7, 11) is -3.68. The van der Waals surface area contributed by atoms with Crippen molar-refractivity contribution in [3.05, 3.63) is 89.9 Å². The van der Waals surface area contributed by atoms with Crippen LogP contribution in [0, 0.1) is 0 Å². The number of nitrogens with zero attached hydrogens (tertiary/aromatic N) is 2. The van der Waals surface area contributed by atoms with E-state index in [-0.39, 0.29) is 17.3 Å². The maximum Gasteiger partial charge on any atom is 0.251 e. The van der Waals surface area contributed by atoms with E-state index < -0.39 is 10.0 Å². The number of furan rings is 1. The monoisotopic (exact) mass is 496 g/mol. The van der Waals surface area contributed by atoms with Gasteiger partial charge in [-0.05, 0) is 54.9 Å². The Morgan fingerprint density at radius 3 is 2.29 bits per heavy atom. The van der Waals surface area contributed by atoms with Gasteiger partial charge in [-0.1, -0.05) is 30.3 Å². The third-order valence-corrected chi connectivity index (χ3v) is 7.51. The second-order valence-corrected chi connectivity index (χ2v) is 10.4. The van der Waals surface area contributed by atoms with Crippen molar-refractivity contribution in [2.75, 3.05) is 39.3 Å². The molecule has 2 N–H and O–H groups in total. The van der Waals surface area contributed by atoms with Crippen molar-refractivity contribution in [1.82, 2.24) is 19.8 Å². The van der Waals surface area contributed by atoms with E-state index in [1.165, 1.54) is 36.1 Å². The summed E-state index contributed by atoms with van der Waals surface area (Å²) in [6.07, 6.45) is 2.36. The molecule has 1 aromatic heterocycles. The van der Waals surface area contributed by atoms with Gasteiger partial charge in [0.15, 0.2) is 0 Å². The lowest BCUT2D eigenvalue weighted by Crippen LogP contribution is -2.46. The molecule has 2 aromatic carbocycles. The number of sulfonamides is 1. The number of carbonyl (C=O) groups is 1. The fourth-order valence-corrected chi connectivity index (χ4v) is 5.06. The van der Waals surface area contributed by atoms with Gasteiger partial charge in [0.2, 0.25) is 10.0 Å². The summed E-state index contributed by atoms with van der Waals surface area (Å²) in [6.45, 7) is 6.74. The maximum atomic E-state index is 12.4. The Kier molecular flexibility index (Phi) is 8.70. The second kappa shape index (κ2) is 12.1. The topological polar surface area (TPSA) is 94.9 Å². The Morgan fingerprint density at radius 2 is 1.60 bits per heavy atom. The Hall–Kier alpha value is -2.98. The highest BCUT2D eigenvalue weighted by Gasteiger charge is 2.17. The van der Waals surface area contributed by atoms with Crippen LogP contribution in [0.3, 0.4) is 0 Å². The number of carbonyl (C=O) groups excluding carboxylic acids is 1. The average molecular weight is 497 g/mol. The quantitative estimate of drug-likeness (QED) is 0.397. The number of benzene rings is 2. The standard InChI is InChI=1S/C26H32N4O4S/c31-26(23-9-11-25(12-10-23)35(32,33)28-20-24-8-4-19-34-24)27-13-5-14-29-15-17-30(18-16-29)21-22-6-2-1-3-7-22/h1-4,6-12,19,28H,5,13-18,20-21H2,(H,27,31). The van der Waals surface area contributed by atoms with Crippen LogP contribution in [0.5, 0.6) is 0 Å². The number of nitrogens with one attached hydrogen (secondary N) is 2. The molecule has 9 heteroatoms. The van der Waals surface area contributed by atoms with Gasteiger partial charge in [0.1, 0.15) is 5.76 Å². The number of piperazine rings is 1. The minimum Gasteiger partial charge on any atom is -0.468 e. The van der Waals surface area contributed by atoms with E-state index in [2.05, 4.69) is 44.1 Å². The zero-order chi connectivity index (χ0) is 24.5. The summed E-state index contributed by atoms with van der Waals surface area (Å²) < 4.78 is 32.5. The Labute approximate surface area is 207 Å². The van der Waals surface area contributed by atoms with Crippen molar-refractivity contribution in [3.8, 4) is 0 Å². The van der Waals surface area contributed by atoms with Gasteiger partial charge in [0.05, 0.1) is 17.7 Å². The summed E-state index contributed by atoms with van der Waals surface area (Å²) in [4.78, 5) is 17.5. The lowest BCUT2D eigenvalue weighted by Gasteiger charge is -2.34. The average Bonchev–Trinajstić information content (AvgIpc) is 3.41. The highest BCUT2D eigenvalue weighted by molar-refractivity contribution is 7.89. The number of hydrogen-bond donors (Lipinski definition) is 2. The maximum absolute atomic E-state index is 12.4. The lowest BCUT2D eigenvalue weighted by molar-refractivity contribution is 0.0947. The molecular weight excluding hydrogens is 464 g/mol. The van der Waals surface area contributed by atoms with Crippen LogP contribution in [0.1, 0.15) is 28.1 Å². The molecule has 0 bridgehead atoms. The van der Waals surface area contributed by atoms with Gasteiger partial charge in [0.25, 0.3) is 5.91 Å². The molecule has 0 atom stereocenters. The number of hydrogen-bond acceptors (Lipinski definition) is 6. The molecule has 1 saturated heterocycles. The molecule has 0 aliphatic carbocycles. The van der Waals surface area contributed by atoms with Gasteiger partial charge in [-0.2, -0.15) is 0 Å². The van der Waals surface area contributed by atoms with Crippen molar-refractivity contribution < 1.29 is 17.6 Å². The molecule has 0 unspecified atom stereocenters. The molecule has 3 aromatic rings. The van der Waals surface area contributed by atoms with Crippen molar-refractivity contribution in [2.24, 2.45) is 0 Å². The first-order chi connectivity index (χ1) is 17.0. The fraction of sp³-hybridized carbons (Fsp3) is 0.346. The highest BCUT2D eigenvalue weighted by Crippen LogP contribution is 2.12. The molecule has 0 radical (unpaired) electrons. The molecular formula is C26H32N4O4S. The van der Waals surface area contributed by atoms with Crippen LogP contribution in [0.2, 0.25) is 0 Å². The SMILES string of the molecule is O=C(NCCCN1CCN(Cc2ccccc2)CC1)c1ccc(S(=O)(=O)NCc2ccco2)cc1. The van der Waals surface area contributed by atoms with Crippen molar-refractivity contribution >= 4 is 15.9 Å². The van der Waals surface area contributed by atoms with E-state index in [0.717, 1.165) is 45.7 Å². The first-order valence-electron chi connectivity index (χ1n) is 11.9. The Balaban J connectivity index is 1.14. The van der Waals surface area contributed by atoms with Gasteiger partial charge in [-0.15, -0.1) is 0 Å². The Morgan fingerprint density at radius 1 is 0.886 bits per heavy atom. The number of amides is 1. The van der Waals surface area contributed by atoms with E-state index >= 15 is 0 Å². The van der Waals surface area contributed by atoms with E-state index in [0.29, 0.717) is 17.9 Å². The minimum absolute atomic E-state index is 0.0691. The normalized spacial score (nSPS) is 15.2. The zero-order valence-corrected chi connectivity index (χ0v) is 20.5. The van der Waals surface area contributed by atoms with Crippen molar-refractivity contribution in [1.29, 1.82) is 0 Å². The van der Waals surface area contributed by atoms with Gasteiger partial charge < -0.3 is 14.6 Å². The van der Waals surface area contributed by atoms with E-state index in [1.807, 2.05) is 6.07 Å². The van der Waals surface area contributed by atoms with Crippen LogP contribution >= 0.6 is 0 Å². The second-order valence-electron chi connectivity index (χ2n) is 8.64. The summed E-state index contributed by atoms with van der Waals surface area (Å²) >= 11 is 0. The molecule has 4 rings (SSSR count). The fourth-order valence-electron chi connectivity index (χ4n) is 4.07. The molecule has 1 fully saturated rings. The van der Waals surface area contributed by atoms with Gasteiger partial charge >= 0.3 is 0 Å². The third kappa shape index (κ3) is 7.50. The van der Waals surface area contributed by atoms with Gasteiger partial charge in [-0.3, -0.25) is 9.69 Å². The predicted molar refractivity (Wildman–Crippen MR) is 134 cm³/mol. The van der Waals surface area contributed by atoms with Crippen molar-refractivity contribution in [2.45, 2.75) is 24.4 Å². The summed E-state index contributed by atoms with van der Waals surface area (Å²) in [5.41, 5.74) is 1.78. The summed E-state index contributed by atoms with van der Waals surface area (Å²) in [5.74, 6) is 0.323. The van der Waals surface area contributed by atoms with Crippen LogP contribution in [-0.4, -0.2) is 63.4 Å². The number of rotatable bonds is 11. The summed E-state index contributed by atoms with van der Waals surface area (Å²) in [5, 5.41) is 2.93. The minimum atomic E-state index is -3.68. The van der Waals surface area contributed by atoms with Gasteiger partial charge in [0, 0.05) is 44.8 Å². The highest BCUT2D eigenvalue weighted by atomic mass is 32.2. The van der Waals surface area contributed by atoms with Crippen LogP contribution < -0.4 is 10.0 Å². The summed E-state index contributed by atoms with van der Waals surface area (Å²) in [6, 6.07) is 19.9. The Bertz CT molecular complexity index is 1160. The predicted octanol–water partition coefficient (Wildman–Crippen LogP) is 2.70. The third-order valence-electron chi connectivity index (χ3n) is 6.09. The lowest BCUT2D eigenvalue weighted by atomic mass is 10.2. The largest absolute Gasteiger partial charge is 0.468 e. The molecule has 1 amide bonds. The molecule has 1 aliphatic rings. The van der Waals surface area contributed by atoms with E-state index in [4.69, 9.17) is 4.42 Å². The van der Waals surface area contributed by atoms with Crippen LogP contribution in [0.4, 0.5) is 0 Å². The van der Waals surface area contributed by atoms with E-state index in [9.17, 15) is 13.2 Å². The smallest absolute Gasteiger partial charge is 0.251 e. The molecule has 186 valence electrons. The first-order valence-corrected chi connectivity index (χ1v) is 13.4. The molecule has 0 spiro atoms. The molecule has 8 nitrogen and oxygen atoms in total.